The van der Waals surface area contributed by atoms with Crippen LogP contribution in [0.1, 0.15) is 29.9 Å². The maximum absolute atomic E-state index is 5.16. The Morgan fingerprint density at radius 2 is 1.89 bits per heavy atom. The Morgan fingerprint density at radius 3 is 2.53 bits per heavy atom. The third-order valence-electron chi connectivity index (χ3n) is 3.15. The molecule has 3 nitrogen and oxygen atoms in total. The molecule has 1 aromatic heterocycles. The molecule has 19 heavy (non-hydrogen) atoms. The molecule has 0 saturated heterocycles. The lowest BCUT2D eigenvalue weighted by Gasteiger charge is -2.14. The molecule has 0 aliphatic carbocycles. The number of methoxy groups -OCH3 is 1. The van der Waals surface area contributed by atoms with Crippen molar-refractivity contribution in [3.05, 3.63) is 59.4 Å². The maximum atomic E-state index is 5.16. The number of benzene rings is 1. The first kappa shape index (κ1) is 13.6. The molecule has 2 rings (SSSR count). The molecule has 0 spiro atoms. The van der Waals surface area contributed by atoms with E-state index >= 15 is 0 Å². The zero-order valence-corrected chi connectivity index (χ0v) is 11.7. The van der Waals surface area contributed by atoms with E-state index in [0.717, 1.165) is 23.7 Å². The summed E-state index contributed by atoms with van der Waals surface area (Å²) < 4.78 is 5.16. The number of ether oxygens (including phenoxy) is 1. The van der Waals surface area contributed by atoms with E-state index < -0.39 is 0 Å². The highest BCUT2D eigenvalue weighted by molar-refractivity contribution is 5.28. The van der Waals surface area contributed by atoms with Crippen LogP contribution in [0.15, 0.2) is 42.5 Å². The second-order valence-corrected chi connectivity index (χ2v) is 4.65. The first-order valence-electron chi connectivity index (χ1n) is 6.49. The summed E-state index contributed by atoms with van der Waals surface area (Å²) in [5.41, 5.74) is 3.37. The van der Waals surface area contributed by atoms with Crippen LogP contribution in [-0.4, -0.2) is 12.1 Å². The van der Waals surface area contributed by atoms with Gasteiger partial charge in [-0.2, -0.15) is 0 Å². The van der Waals surface area contributed by atoms with E-state index in [1.165, 1.54) is 5.56 Å². The molecule has 1 unspecified atom stereocenters. The third-order valence-corrected chi connectivity index (χ3v) is 3.15. The van der Waals surface area contributed by atoms with Crippen LogP contribution in [0.4, 0.5) is 0 Å². The van der Waals surface area contributed by atoms with Crippen molar-refractivity contribution in [2.24, 2.45) is 0 Å². The van der Waals surface area contributed by atoms with Gasteiger partial charge in [-0.1, -0.05) is 18.2 Å². The number of pyridine rings is 1. The summed E-state index contributed by atoms with van der Waals surface area (Å²) >= 11 is 0. The lowest BCUT2D eigenvalue weighted by atomic mass is 10.1. The number of rotatable bonds is 5. The Balaban J connectivity index is 1.95. The highest BCUT2D eigenvalue weighted by Gasteiger charge is 2.05. The van der Waals surface area contributed by atoms with Crippen LogP contribution < -0.4 is 10.1 Å². The molecule has 1 N–H and O–H groups in total. The van der Waals surface area contributed by atoms with Gasteiger partial charge in [0.1, 0.15) is 5.75 Å². The minimum atomic E-state index is 0.285. The molecule has 0 aliphatic heterocycles. The Labute approximate surface area is 114 Å². The zero-order valence-electron chi connectivity index (χ0n) is 11.7. The molecule has 0 radical (unpaired) electrons. The van der Waals surface area contributed by atoms with Gasteiger partial charge in [0.15, 0.2) is 0 Å². The first-order valence-corrected chi connectivity index (χ1v) is 6.49. The van der Waals surface area contributed by atoms with Crippen molar-refractivity contribution in [2.45, 2.75) is 26.4 Å². The molecular weight excluding hydrogens is 236 g/mol. The maximum Gasteiger partial charge on any atom is 0.118 e. The summed E-state index contributed by atoms with van der Waals surface area (Å²) in [6.07, 6.45) is 0. The quantitative estimate of drug-likeness (QED) is 0.891. The molecule has 2 aromatic rings. The van der Waals surface area contributed by atoms with Crippen molar-refractivity contribution in [1.82, 2.24) is 10.3 Å². The molecular formula is C16H20N2O. The lowest BCUT2D eigenvalue weighted by Crippen LogP contribution is -2.18. The lowest BCUT2D eigenvalue weighted by molar-refractivity contribution is 0.414. The molecule has 0 fully saturated rings. The molecule has 1 aromatic carbocycles. The third kappa shape index (κ3) is 3.80. The van der Waals surface area contributed by atoms with Gasteiger partial charge in [-0.05, 0) is 43.7 Å². The van der Waals surface area contributed by atoms with Crippen molar-refractivity contribution in [3.63, 3.8) is 0 Å². The molecule has 100 valence electrons. The van der Waals surface area contributed by atoms with E-state index in [2.05, 4.69) is 29.4 Å². The number of aryl methyl sites for hydroxylation is 1. The van der Waals surface area contributed by atoms with Crippen molar-refractivity contribution in [2.75, 3.05) is 7.11 Å². The van der Waals surface area contributed by atoms with E-state index in [-0.39, 0.29) is 6.04 Å². The van der Waals surface area contributed by atoms with Gasteiger partial charge in [-0.3, -0.25) is 4.98 Å². The largest absolute Gasteiger partial charge is 0.497 e. The molecule has 1 atom stereocenters. The number of hydrogen-bond acceptors (Lipinski definition) is 3. The van der Waals surface area contributed by atoms with Crippen LogP contribution in [-0.2, 0) is 6.54 Å². The first-order chi connectivity index (χ1) is 9.19. The van der Waals surface area contributed by atoms with Crippen molar-refractivity contribution in [1.29, 1.82) is 0 Å². The predicted octanol–water partition coefficient (Wildman–Crippen LogP) is 3.25. The number of nitrogens with one attached hydrogen (secondary N) is 1. The van der Waals surface area contributed by atoms with Crippen LogP contribution in [0.3, 0.4) is 0 Å². The average Bonchev–Trinajstić information content (AvgIpc) is 2.45. The zero-order chi connectivity index (χ0) is 13.7. The second-order valence-electron chi connectivity index (χ2n) is 4.65. The molecule has 0 saturated carbocycles. The summed E-state index contributed by atoms with van der Waals surface area (Å²) in [5.74, 6) is 0.885. The number of hydrogen-bond donors (Lipinski definition) is 1. The van der Waals surface area contributed by atoms with Gasteiger partial charge < -0.3 is 10.1 Å². The van der Waals surface area contributed by atoms with Gasteiger partial charge in [-0.15, -0.1) is 0 Å². The van der Waals surface area contributed by atoms with Gasteiger partial charge in [0.05, 0.1) is 12.8 Å². The van der Waals surface area contributed by atoms with Crippen molar-refractivity contribution >= 4 is 0 Å². The number of aromatic nitrogens is 1. The fraction of sp³-hybridized carbons (Fsp3) is 0.312. The fourth-order valence-electron chi connectivity index (χ4n) is 1.97. The molecule has 3 heteroatoms. The molecule has 1 heterocycles. The normalized spacial score (nSPS) is 12.2. The minimum absolute atomic E-state index is 0.285. The summed E-state index contributed by atoms with van der Waals surface area (Å²) in [4.78, 5) is 4.48. The summed E-state index contributed by atoms with van der Waals surface area (Å²) in [6.45, 7) is 4.93. The van der Waals surface area contributed by atoms with Crippen molar-refractivity contribution in [3.8, 4) is 5.75 Å². The summed E-state index contributed by atoms with van der Waals surface area (Å²) in [7, 11) is 1.68. The van der Waals surface area contributed by atoms with Gasteiger partial charge >= 0.3 is 0 Å². The van der Waals surface area contributed by atoms with Crippen LogP contribution >= 0.6 is 0 Å². The predicted molar refractivity (Wildman–Crippen MR) is 77.2 cm³/mol. The van der Waals surface area contributed by atoms with Gasteiger partial charge in [0, 0.05) is 18.3 Å². The standard InChI is InChI=1S/C16H20N2O/c1-12-5-4-6-15(18-12)11-17-13(2)14-7-9-16(19-3)10-8-14/h4-10,13,17H,11H2,1-3H3. The van der Waals surface area contributed by atoms with Gasteiger partial charge in [-0.25, -0.2) is 0 Å². The average molecular weight is 256 g/mol. The van der Waals surface area contributed by atoms with Crippen molar-refractivity contribution < 1.29 is 4.74 Å². The van der Waals surface area contributed by atoms with E-state index in [1.807, 2.05) is 37.3 Å². The Hall–Kier alpha value is -1.87. The number of nitrogens with zero attached hydrogens (tertiary/aromatic N) is 1. The van der Waals surface area contributed by atoms with Crippen LogP contribution in [0.25, 0.3) is 0 Å². The van der Waals surface area contributed by atoms with Crippen LogP contribution in [0.2, 0.25) is 0 Å². The topological polar surface area (TPSA) is 34.1 Å². The van der Waals surface area contributed by atoms with E-state index in [9.17, 15) is 0 Å². The Kier molecular flexibility index (Phi) is 4.53. The van der Waals surface area contributed by atoms with Gasteiger partial charge in [0.2, 0.25) is 0 Å². The Morgan fingerprint density at radius 1 is 1.16 bits per heavy atom. The van der Waals surface area contributed by atoms with E-state index in [4.69, 9.17) is 4.74 Å². The van der Waals surface area contributed by atoms with Crippen LogP contribution in [0, 0.1) is 6.92 Å². The van der Waals surface area contributed by atoms with E-state index in [0.29, 0.717) is 0 Å². The minimum Gasteiger partial charge on any atom is -0.497 e. The van der Waals surface area contributed by atoms with E-state index in [1.54, 1.807) is 7.11 Å². The second kappa shape index (κ2) is 6.34. The Bertz CT molecular complexity index is 523. The molecule has 0 amide bonds. The monoisotopic (exact) mass is 256 g/mol. The fourth-order valence-corrected chi connectivity index (χ4v) is 1.97. The molecule has 0 aliphatic rings. The molecule has 0 bridgehead atoms. The summed E-state index contributed by atoms with van der Waals surface area (Å²) in [6, 6.07) is 14.5. The highest BCUT2D eigenvalue weighted by atomic mass is 16.5. The SMILES string of the molecule is COc1ccc(C(C)NCc2cccc(C)n2)cc1. The highest BCUT2D eigenvalue weighted by Crippen LogP contribution is 2.17. The van der Waals surface area contributed by atoms with Gasteiger partial charge in [0.25, 0.3) is 0 Å². The summed E-state index contributed by atoms with van der Waals surface area (Å²) in [5, 5.41) is 3.48. The van der Waals surface area contributed by atoms with Crippen LogP contribution in [0.5, 0.6) is 5.75 Å². The smallest absolute Gasteiger partial charge is 0.118 e.